The predicted molar refractivity (Wildman–Crippen MR) is 92.1 cm³/mol. The van der Waals surface area contributed by atoms with Gasteiger partial charge in [0.05, 0.1) is 0 Å². The van der Waals surface area contributed by atoms with Gasteiger partial charge in [0.1, 0.15) is 0 Å². The van der Waals surface area contributed by atoms with E-state index in [4.69, 9.17) is 0 Å². The van der Waals surface area contributed by atoms with Crippen LogP contribution in [0, 0.1) is 6.92 Å². The minimum atomic E-state index is -0.0668. The van der Waals surface area contributed by atoms with E-state index in [0.717, 1.165) is 16.8 Å². The molecule has 4 heteroatoms. The zero-order valence-electron chi connectivity index (χ0n) is 13.6. The number of carbonyl (C=O) groups excluding carboxylic acids is 2. The van der Waals surface area contributed by atoms with Crippen LogP contribution >= 0.6 is 0 Å². The molecule has 0 heterocycles. The molecule has 0 unspecified atom stereocenters. The van der Waals surface area contributed by atoms with Gasteiger partial charge in [-0.25, -0.2) is 0 Å². The molecule has 0 spiro atoms. The fourth-order valence-electron chi connectivity index (χ4n) is 2.38. The van der Waals surface area contributed by atoms with Crippen LogP contribution in [-0.4, -0.2) is 18.4 Å². The molecule has 0 saturated carbocycles. The van der Waals surface area contributed by atoms with Crippen LogP contribution in [0.4, 0.5) is 5.69 Å². The molecule has 2 aromatic carbocycles. The molecule has 0 aliphatic rings. The van der Waals surface area contributed by atoms with Crippen LogP contribution < -0.4 is 10.2 Å². The molecule has 0 bridgehead atoms. The van der Waals surface area contributed by atoms with Gasteiger partial charge in [0.2, 0.25) is 11.8 Å². The topological polar surface area (TPSA) is 49.4 Å². The van der Waals surface area contributed by atoms with Crippen molar-refractivity contribution in [3.63, 3.8) is 0 Å². The van der Waals surface area contributed by atoms with Gasteiger partial charge in [-0.3, -0.25) is 9.59 Å². The van der Waals surface area contributed by atoms with Crippen molar-refractivity contribution in [1.82, 2.24) is 5.32 Å². The van der Waals surface area contributed by atoms with Crippen LogP contribution in [0.25, 0.3) is 0 Å². The van der Waals surface area contributed by atoms with E-state index in [-0.39, 0.29) is 18.2 Å². The second-order valence-corrected chi connectivity index (χ2v) is 5.46. The molecule has 0 atom stereocenters. The van der Waals surface area contributed by atoms with Crippen molar-refractivity contribution < 1.29 is 9.59 Å². The summed E-state index contributed by atoms with van der Waals surface area (Å²) in [5, 5.41) is 2.91. The number of nitrogens with one attached hydrogen (secondary N) is 1. The highest BCUT2D eigenvalue weighted by atomic mass is 16.2. The smallest absolute Gasteiger partial charge is 0.223 e. The minimum Gasteiger partial charge on any atom is -0.352 e. The van der Waals surface area contributed by atoms with Crippen molar-refractivity contribution >= 4 is 17.5 Å². The highest BCUT2D eigenvalue weighted by Gasteiger charge is 2.13. The van der Waals surface area contributed by atoms with Gasteiger partial charge in [-0.1, -0.05) is 42.5 Å². The number of anilines is 1. The van der Waals surface area contributed by atoms with Crippen molar-refractivity contribution in [3.8, 4) is 0 Å². The van der Waals surface area contributed by atoms with Gasteiger partial charge in [0, 0.05) is 32.1 Å². The van der Waals surface area contributed by atoms with E-state index in [2.05, 4.69) is 5.32 Å². The van der Waals surface area contributed by atoms with Crippen molar-refractivity contribution in [1.29, 1.82) is 0 Å². The Hall–Kier alpha value is -2.62. The molecule has 0 aliphatic carbocycles. The second kappa shape index (κ2) is 8.13. The van der Waals surface area contributed by atoms with E-state index in [9.17, 15) is 9.59 Å². The van der Waals surface area contributed by atoms with Gasteiger partial charge >= 0.3 is 0 Å². The zero-order valence-corrected chi connectivity index (χ0v) is 13.6. The maximum Gasteiger partial charge on any atom is 0.223 e. The molecule has 2 rings (SSSR count). The van der Waals surface area contributed by atoms with E-state index < -0.39 is 0 Å². The van der Waals surface area contributed by atoms with Crippen LogP contribution in [0.15, 0.2) is 54.6 Å². The molecule has 0 saturated heterocycles. The highest BCUT2D eigenvalue weighted by molar-refractivity contribution is 5.92. The Kier molecular flexibility index (Phi) is 5.92. The number of hydrogen-bond acceptors (Lipinski definition) is 2. The lowest BCUT2D eigenvalue weighted by atomic mass is 10.1. The molecule has 0 aromatic heterocycles. The SMILES string of the molecule is CC(=O)N(CCC(=O)NCc1ccccc1C)c1ccccc1. The first-order valence-corrected chi connectivity index (χ1v) is 7.72. The summed E-state index contributed by atoms with van der Waals surface area (Å²) in [6.45, 7) is 4.42. The van der Waals surface area contributed by atoms with E-state index in [1.54, 1.807) is 4.90 Å². The van der Waals surface area contributed by atoms with Crippen molar-refractivity contribution in [2.75, 3.05) is 11.4 Å². The van der Waals surface area contributed by atoms with Gasteiger partial charge in [-0.15, -0.1) is 0 Å². The van der Waals surface area contributed by atoms with Crippen LogP contribution in [0.1, 0.15) is 24.5 Å². The Morgan fingerprint density at radius 3 is 2.30 bits per heavy atom. The Balaban J connectivity index is 1.87. The average molecular weight is 310 g/mol. The van der Waals surface area contributed by atoms with Crippen molar-refractivity contribution in [3.05, 3.63) is 65.7 Å². The molecule has 1 N–H and O–H groups in total. The van der Waals surface area contributed by atoms with Crippen LogP contribution in [0.2, 0.25) is 0 Å². The number of hydrogen-bond donors (Lipinski definition) is 1. The quantitative estimate of drug-likeness (QED) is 0.891. The van der Waals surface area contributed by atoms with Gasteiger partial charge < -0.3 is 10.2 Å². The lowest BCUT2D eigenvalue weighted by Crippen LogP contribution is -2.33. The van der Waals surface area contributed by atoms with Crippen LogP contribution in [0.3, 0.4) is 0 Å². The van der Waals surface area contributed by atoms with Crippen LogP contribution in [0.5, 0.6) is 0 Å². The third kappa shape index (κ3) is 4.95. The molecule has 120 valence electrons. The Morgan fingerprint density at radius 2 is 1.65 bits per heavy atom. The normalized spacial score (nSPS) is 10.2. The maximum absolute atomic E-state index is 12.0. The molecule has 0 fully saturated rings. The third-order valence-electron chi connectivity index (χ3n) is 3.75. The first-order valence-electron chi connectivity index (χ1n) is 7.72. The van der Waals surface area contributed by atoms with E-state index >= 15 is 0 Å². The monoisotopic (exact) mass is 310 g/mol. The fourth-order valence-corrected chi connectivity index (χ4v) is 2.38. The molecule has 0 aliphatic heterocycles. The van der Waals surface area contributed by atoms with E-state index in [0.29, 0.717) is 13.1 Å². The van der Waals surface area contributed by atoms with Crippen molar-refractivity contribution in [2.45, 2.75) is 26.8 Å². The Morgan fingerprint density at radius 1 is 1.00 bits per heavy atom. The molecule has 0 radical (unpaired) electrons. The number of carbonyl (C=O) groups is 2. The number of aryl methyl sites for hydroxylation is 1. The number of rotatable bonds is 6. The molecule has 2 aromatic rings. The highest BCUT2D eigenvalue weighted by Crippen LogP contribution is 2.13. The number of amides is 2. The van der Waals surface area contributed by atoms with Crippen molar-refractivity contribution in [2.24, 2.45) is 0 Å². The van der Waals surface area contributed by atoms with Gasteiger partial charge in [0.25, 0.3) is 0 Å². The van der Waals surface area contributed by atoms with Gasteiger partial charge in [-0.05, 0) is 30.2 Å². The molecule has 23 heavy (non-hydrogen) atoms. The standard InChI is InChI=1S/C19H22N2O2/c1-15-8-6-7-9-17(15)14-20-19(23)12-13-21(16(2)22)18-10-4-3-5-11-18/h3-11H,12-14H2,1-2H3,(H,20,23). The molecule has 2 amide bonds. The Bertz CT molecular complexity index is 668. The number of nitrogens with zero attached hydrogens (tertiary/aromatic N) is 1. The maximum atomic E-state index is 12.0. The van der Waals surface area contributed by atoms with Gasteiger partial charge in [0.15, 0.2) is 0 Å². The number of benzene rings is 2. The summed E-state index contributed by atoms with van der Waals surface area (Å²) >= 11 is 0. The second-order valence-electron chi connectivity index (χ2n) is 5.46. The molecule has 4 nitrogen and oxygen atoms in total. The Labute approximate surface area is 137 Å². The van der Waals surface area contributed by atoms with E-state index in [1.165, 1.54) is 6.92 Å². The summed E-state index contributed by atoms with van der Waals surface area (Å²) in [7, 11) is 0. The third-order valence-corrected chi connectivity index (χ3v) is 3.75. The predicted octanol–water partition coefficient (Wildman–Crippen LogP) is 3.05. The first-order chi connectivity index (χ1) is 11.1. The average Bonchev–Trinajstić information content (AvgIpc) is 2.55. The first kappa shape index (κ1) is 16.7. The lowest BCUT2D eigenvalue weighted by Gasteiger charge is -2.21. The summed E-state index contributed by atoms with van der Waals surface area (Å²) in [6, 6.07) is 17.4. The minimum absolute atomic E-state index is 0.0598. The summed E-state index contributed by atoms with van der Waals surface area (Å²) in [5.41, 5.74) is 3.07. The van der Waals surface area contributed by atoms with E-state index in [1.807, 2.05) is 61.5 Å². The fraction of sp³-hybridized carbons (Fsp3) is 0.263. The summed E-state index contributed by atoms with van der Waals surface area (Å²) < 4.78 is 0. The summed E-state index contributed by atoms with van der Waals surface area (Å²) in [6.07, 6.45) is 0.278. The van der Waals surface area contributed by atoms with Crippen LogP contribution in [-0.2, 0) is 16.1 Å². The van der Waals surface area contributed by atoms with Gasteiger partial charge in [-0.2, -0.15) is 0 Å². The largest absolute Gasteiger partial charge is 0.352 e. The summed E-state index contributed by atoms with van der Waals surface area (Å²) in [4.78, 5) is 25.4. The molecular formula is C19H22N2O2. The molecular weight excluding hydrogens is 288 g/mol. The zero-order chi connectivity index (χ0) is 16.7. The summed E-state index contributed by atoms with van der Waals surface area (Å²) in [5.74, 6) is -0.127. The lowest BCUT2D eigenvalue weighted by molar-refractivity contribution is -0.121. The number of para-hydroxylation sites is 1.